The van der Waals surface area contributed by atoms with Gasteiger partial charge in [-0.3, -0.25) is 4.79 Å². The third-order valence-electron chi connectivity index (χ3n) is 2.22. The minimum Gasteiger partial charge on any atom is -0.383 e. The van der Waals surface area contributed by atoms with Crippen LogP contribution < -0.4 is 22.1 Å². The summed E-state index contributed by atoms with van der Waals surface area (Å²) < 4.78 is 0. The lowest BCUT2D eigenvalue weighted by Crippen LogP contribution is -2.06. The van der Waals surface area contributed by atoms with Gasteiger partial charge in [-0.25, -0.2) is 0 Å². The molecule has 98 valence electrons. The molecular formula is C12H14N6O. The number of aromatic nitrogens is 2. The molecule has 0 unspecified atom stereocenters. The van der Waals surface area contributed by atoms with E-state index in [1.54, 1.807) is 18.2 Å². The molecule has 0 radical (unpaired) electrons. The highest BCUT2D eigenvalue weighted by molar-refractivity contribution is 5.89. The van der Waals surface area contributed by atoms with E-state index in [0.29, 0.717) is 11.5 Å². The Labute approximate surface area is 110 Å². The first kappa shape index (κ1) is 12.6. The van der Waals surface area contributed by atoms with Crippen LogP contribution in [0.2, 0.25) is 0 Å². The summed E-state index contributed by atoms with van der Waals surface area (Å²) in [4.78, 5) is 18.8. The number of amides is 1. The van der Waals surface area contributed by atoms with Crippen LogP contribution in [-0.4, -0.2) is 15.9 Å². The fourth-order valence-corrected chi connectivity index (χ4v) is 1.58. The summed E-state index contributed by atoms with van der Waals surface area (Å²) in [5.41, 5.74) is 12.5. The maximum Gasteiger partial charge on any atom is 0.223 e. The monoisotopic (exact) mass is 258 g/mol. The van der Waals surface area contributed by atoms with Crippen LogP contribution in [0.3, 0.4) is 0 Å². The van der Waals surface area contributed by atoms with Crippen LogP contribution in [0.25, 0.3) is 0 Å². The molecule has 2 rings (SSSR count). The topological polar surface area (TPSA) is 119 Å². The lowest BCUT2D eigenvalue weighted by molar-refractivity contribution is -0.114. The molecule has 1 amide bonds. The molecule has 19 heavy (non-hydrogen) atoms. The second kappa shape index (κ2) is 5.21. The lowest BCUT2D eigenvalue weighted by Gasteiger charge is -2.08. The number of anilines is 5. The van der Waals surface area contributed by atoms with E-state index in [4.69, 9.17) is 11.5 Å². The number of rotatable bonds is 3. The molecule has 0 aliphatic heterocycles. The smallest absolute Gasteiger partial charge is 0.223 e. The molecule has 0 saturated carbocycles. The van der Waals surface area contributed by atoms with Gasteiger partial charge in [0.05, 0.1) is 0 Å². The van der Waals surface area contributed by atoms with Crippen molar-refractivity contribution in [3.8, 4) is 0 Å². The highest BCUT2D eigenvalue weighted by atomic mass is 16.1. The average Bonchev–Trinajstić information content (AvgIpc) is 2.26. The van der Waals surface area contributed by atoms with Gasteiger partial charge in [-0.1, -0.05) is 6.07 Å². The predicted molar refractivity (Wildman–Crippen MR) is 74.9 cm³/mol. The number of nitrogen functional groups attached to an aromatic ring is 2. The van der Waals surface area contributed by atoms with Crippen molar-refractivity contribution in [2.24, 2.45) is 0 Å². The van der Waals surface area contributed by atoms with Gasteiger partial charge in [0, 0.05) is 24.4 Å². The van der Waals surface area contributed by atoms with Gasteiger partial charge in [0.25, 0.3) is 0 Å². The summed E-state index contributed by atoms with van der Waals surface area (Å²) in [7, 11) is 0. The molecule has 0 atom stereocenters. The van der Waals surface area contributed by atoms with Crippen LogP contribution in [0.4, 0.5) is 29.0 Å². The highest BCUT2D eigenvalue weighted by Gasteiger charge is 2.02. The van der Waals surface area contributed by atoms with Gasteiger partial charge in [0.1, 0.15) is 11.6 Å². The zero-order valence-corrected chi connectivity index (χ0v) is 10.3. The van der Waals surface area contributed by atoms with Crippen LogP contribution in [0.15, 0.2) is 30.3 Å². The van der Waals surface area contributed by atoms with Gasteiger partial charge in [-0.2, -0.15) is 9.97 Å². The number of hydrogen-bond donors (Lipinski definition) is 4. The molecule has 7 heteroatoms. The maximum atomic E-state index is 11.0. The minimum atomic E-state index is -0.132. The van der Waals surface area contributed by atoms with Crippen molar-refractivity contribution >= 4 is 34.9 Å². The first-order chi connectivity index (χ1) is 9.02. The van der Waals surface area contributed by atoms with E-state index < -0.39 is 0 Å². The Balaban J connectivity index is 2.20. The Hall–Kier alpha value is -2.83. The molecule has 7 nitrogen and oxygen atoms in total. The Morgan fingerprint density at radius 3 is 2.58 bits per heavy atom. The summed E-state index contributed by atoms with van der Waals surface area (Å²) in [6.45, 7) is 1.45. The van der Waals surface area contributed by atoms with Crippen molar-refractivity contribution in [2.45, 2.75) is 6.92 Å². The van der Waals surface area contributed by atoms with Crippen LogP contribution in [0.1, 0.15) is 6.92 Å². The molecule has 1 aromatic heterocycles. The Kier molecular flexibility index (Phi) is 3.46. The van der Waals surface area contributed by atoms with Crippen molar-refractivity contribution in [2.75, 3.05) is 22.1 Å². The molecule has 1 aromatic carbocycles. The van der Waals surface area contributed by atoms with Gasteiger partial charge in [-0.05, 0) is 18.2 Å². The molecule has 0 spiro atoms. The quantitative estimate of drug-likeness (QED) is 0.659. The second-order valence-electron chi connectivity index (χ2n) is 3.92. The molecule has 1 heterocycles. The molecule has 0 fully saturated rings. The normalized spacial score (nSPS) is 9.95. The summed E-state index contributed by atoms with van der Waals surface area (Å²) in [5, 5.41) is 5.73. The number of carbonyl (C=O) groups is 1. The molecule has 6 N–H and O–H groups in total. The molecule has 0 saturated heterocycles. The average molecular weight is 258 g/mol. The second-order valence-corrected chi connectivity index (χ2v) is 3.92. The molecule has 0 aliphatic carbocycles. The standard InChI is InChI=1S/C12H14N6O/c1-7(19)15-8-3-2-4-9(5-8)16-11-6-10(13)17-12(14)18-11/h2-6H,1H3,(H,15,19)(H5,13,14,16,17,18). The fourth-order valence-electron chi connectivity index (χ4n) is 1.58. The van der Waals surface area contributed by atoms with E-state index in [0.717, 1.165) is 5.69 Å². The number of nitrogens with zero attached hydrogens (tertiary/aromatic N) is 2. The Morgan fingerprint density at radius 1 is 1.16 bits per heavy atom. The number of nitrogens with one attached hydrogen (secondary N) is 2. The van der Waals surface area contributed by atoms with E-state index in [2.05, 4.69) is 20.6 Å². The fraction of sp³-hybridized carbons (Fsp3) is 0.0833. The van der Waals surface area contributed by atoms with Gasteiger partial charge in [-0.15, -0.1) is 0 Å². The van der Waals surface area contributed by atoms with E-state index in [9.17, 15) is 4.79 Å². The van der Waals surface area contributed by atoms with Crippen molar-refractivity contribution in [1.82, 2.24) is 9.97 Å². The molecule has 2 aromatic rings. The largest absolute Gasteiger partial charge is 0.383 e. The summed E-state index contributed by atoms with van der Waals surface area (Å²) in [6.07, 6.45) is 0. The molecule has 0 bridgehead atoms. The van der Waals surface area contributed by atoms with E-state index in [1.807, 2.05) is 12.1 Å². The van der Waals surface area contributed by atoms with E-state index in [1.165, 1.54) is 6.92 Å². The first-order valence-corrected chi connectivity index (χ1v) is 5.57. The van der Waals surface area contributed by atoms with Crippen molar-refractivity contribution in [1.29, 1.82) is 0 Å². The van der Waals surface area contributed by atoms with Gasteiger partial charge in [0.2, 0.25) is 11.9 Å². The van der Waals surface area contributed by atoms with Crippen molar-refractivity contribution < 1.29 is 4.79 Å². The van der Waals surface area contributed by atoms with Crippen molar-refractivity contribution in [3.63, 3.8) is 0 Å². The highest BCUT2D eigenvalue weighted by Crippen LogP contribution is 2.20. The van der Waals surface area contributed by atoms with Gasteiger partial charge in [0.15, 0.2) is 0 Å². The van der Waals surface area contributed by atoms with Crippen molar-refractivity contribution in [3.05, 3.63) is 30.3 Å². The third-order valence-corrected chi connectivity index (χ3v) is 2.22. The number of nitrogens with two attached hydrogens (primary N) is 2. The number of hydrogen-bond acceptors (Lipinski definition) is 6. The number of carbonyl (C=O) groups excluding carboxylic acids is 1. The molecular weight excluding hydrogens is 244 g/mol. The Bertz CT molecular complexity index is 593. The predicted octanol–water partition coefficient (Wildman–Crippen LogP) is 1.34. The van der Waals surface area contributed by atoms with Crippen LogP contribution in [0, 0.1) is 0 Å². The number of benzene rings is 1. The van der Waals surface area contributed by atoms with Crippen LogP contribution in [0.5, 0.6) is 0 Å². The van der Waals surface area contributed by atoms with Gasteiger partial charge >= 0.3 is 0 Å². The maximum absolute atomic E-state index is 11.0. The van der Waals surface area contributed by atoms with E-state index >= 15 is 0 Å². The summed E-state index contributed by atoms with van der Waals surface area (Å²) in [5.74, 6) is 0.742. The van der Waals surface area contributed by atoms with Gasteiger partial charge < -0.3 is 22.1 Å². The third kappa shape index (κ3) is 3.56. The van der Waals surface area contributed by atoms with Crippen LogP contribution in [-0.2, 0) is 4.79 Å². The Morgan fingerprint density at radius 2 is 1.89 bits per heavy atom. The first-order valence-electron chi connectivity index (χ1n) is 5.57. The SMILES string of the molecule is CC(=O)Nc1cccc(Nc2cc(N)nc(N)n2)c1. The van der Waals surface area contributed by atoms with E-state index in [-0.39, 0.29) is 17.7 Å². The van der Waals surface area contributed by atoms with Crippen LogP contribution >= 0.6 is 0 Å². The minimum absolute atomic E-state index is 0.0977. The zero-order valence-electron chi connectivity index (χ0n) is 10.3. The zero-order chi connectivity index (χ0) is 13.8. The summed E-state index contributed by atoms with van der Waals surface area (Å²) >= 11 is 0. The lowest BCUT2D eigenvalue weighted by atomic mass is 10.2. The summed E-state index contributed by atoms with van der Waals surface area (Å²) in [6, 6.07) is 8.77. The molecule has 0 aliphatic rings.